The Morgan fingerprint density at radius 1 is 1.10 bits per heavy atom. The second-order valence-corrected chi connectivity index (χ2v) is 12.8. The third-order valence-corrected chi connectivity index (χ3v) is 10.0. The standard InChI is InChI=1S/C32H49FN4O2/c1-5-28-30(29-11-6-7-14-37(29)34-28)22-12-15-36(16-13-22)20-24-18-26(35(4)31(21(2)3)32(38)39)19-27(24)23-9-8-10-25(33)17-23/h8-10,17,21-22,24,26-27,31-32,38-39H,5-7,11-16,18-20H2,1-4H3/t24-,26+,27-,31-/m1/s1. The molecule has 1 saturated heterocycles. The van der Waals surface area contributed by atoms with E-state index >= 15 is 0 Å². The molecular formula is C32H49FN4O2. The molecule has 0 amide bonds. The van der Waals surface area contributed by atoms with E-state index in [1.807, 2.05) is 27.0 Å². The maximum absolute atomic E-state index is 14.3. The Labute approximate surface area is 234 Å². The van der Waals surface area contributed by atoms with Crippen LogP contribution in [0.2, 0.25) is 0 Å². The van der Waals surface area contributed by atoms with Crippen LogP contribution in [0.4, 0.5) is 4.39 Å². The van der Waals surface area contributed by atoms with Crippen molar-refractivity contribution in [3.63, 3.8) is 0 Å². The monoisotopic (exact) mass is 540 g/mol. The molecule has 2 aromatic rings. The number of benzene rings is 1. The highest BCUT2D eigenvalue weighted by molar-refractivity contribution is 5.32. The van der Waals surface area contributed by atoms with Gasteiger partial charge in [0.05, 0.1) is 11.7 Å². The molecule has 39 heavy (non-hydrogen) atoms. The van der Waals surface area contributed by atoms with Crippen LogP contribution < -0.4 is 0 Å². The maximum atomic E-state index is 14.3. The molecule has 7 heteroatoms. The van der Waals surface area contributed by atoms with Gasteiger partial charge in [-0.1, -0.05) is 32.9 Å². The molecule has 2 aliphatic heterocycles. The second-order valence-electron chi connectivity index (χ2n) is 12.8. The summed E-state index contributed by atoms with van der Waals surface area (Å²) in [7, 11) is 2.03. The van der Waals surface area contributed by atoms with E-state index in [1.165, 1.54) is 49.6 Å². The van der Waals surface area contributed by atoms with Gasteiger partial charge < -0.3 is 15.1 Å². The molecule has 6 nitrogen and oxygen atoms in total. The van der Waals surface area contributed by atoms with Gasteiger partial charge in [-0.25, -0.2) is 4.39 Å². The third-order valence-electron chi connectivity index (χ3n) is 10.0. The second kappa shape index (κ2) is 12.4. The number of fused-ring (bicyclic) bond motifs is 1. The number of likely N-dealkylation sites (tertiary alicyclic amines) is 1. The van der Waals surface area contributed by atoms with Crippen LogP contribution in [0.3, 0.4) is 0 Å². The van der Waals surface area contributed by atoms with Crippen molar-refractivity contribution in [2.75, 3.05) is 26.7 Å². The molecule has 0 radical (unpaired) electrons. The molecule has 216 valence electrons. The van der Waals surface area contributed by atoms with Crippen LogP contribution in [-0.4, -0.2) is 74.8 Å². The van der Waals surface area contributed by atoms with Crippen LogP contribution in [-0.2, 0) is 19.4 Å². The number of aliphatic hydroxyl groups is 2. The average molecular weight is 541 g/mol. The number of aliphatic hydroxyl groups excluding tert-OH is 1. The quantitative estimate of drug-likeness (QED) is 0.442. The molecule has 0 bridgehead atoms. The van der Waals surface area contributed by atoms with E-state index in [-0.39, 0.29) is 29.7 Å². The SMILES string of the molecule is CCc1nn2c(c1C1CCN(C[C@H]3C[C@H](N(C)[C@H](C(C)C)C(O)O)C[C@@H]3c3cccc(F)c3)CC1)CCCC2. The van der Waals surface area contributed by atoms with Crippen LogP contribution >= 0.6 is 0 Å². The van der Waals surface area contributed by atoms with E-state index in [1.54, 1.807) is 11.6 Å². The Bertz CT molecular complexity index is 1090. The van der Waals surface area contributed by atoms with Gasteiger partial charge in [-0.15, -0.1) is 0 Å². The minimum atomic E-state index is -1.37. The summed E-state index contributed by atoms with van der Waals surface area (Å²) >= 11 is 0. The van der Waals surface area contributed by atoms with Crippen LogP contribution in [0.25, 0.3) is 0 Å². The van der Waals surface area contributed by atoms with E-state index in [0.29, 0.717) is 11.8 Å². The van der Waals surface area contributed by atoms with Crippen molar-refractivity contribution in [2.45, 2.75) is 109 Å². The van der Waals surface area contributed by atoms with E-state index in [4.69, 9.17) is 5.10 Å². The van der Waals surface area contributed by atoms with Gasteiger partial charge in [0.15, 0.2) is 6.29 Å². The summed E-state index contributed by atoms with van der Waals surface area (Å²) in [5, 5.41) is 25.2. The Morgan fingerprint density at radius 3 is 2.54 bits per heavy atom. The highest BCUT2D eigenvalue weighted by Crippen LogP contribution is 2.44. The summed E-state index contributed by atoms with van der Waals surface area (Å²) in [6.07, 6.45) is 7.61. The van der Waals surface area contributed by atoms with Gasteiger partial charge in [-0.2, -0.15) is 5.10 Å². The van der Waals surface area contributed by atoms with E-state index in [2.05, 4.69) is 27.5 Å². The van der Waals surface area contributed by atoms with Crippen LogP contribution in [0.15, 0.2) is 24.3 Å². The molecule has 3 aliphatic rings. The highest BCUT2D eigenvalue weighted by atomic mass is 19.1. The summed E-state index contributed by atoms with van der Waals surface area (Å²) in [4.78, 5) is 4.82. The van der Waals surface area contributed by atoms with Crippen LogP contribution in [0.5, 0.6) is 0 Å². The fraction of sp³-hybridized carbons (Fsp3) is 0.719. The van der Waals surface area contributed by atoms with Gasteiger partial charge in [0.1, 0.15) is 5.82 Å². The van der Waals surface area contributed by atoms with Crippen molar-refractivity contribution < 1.29 is 14.6 Å². The molecule has 1 aliphatic carbocycles. The van der Waals surface area contributed by atoms with Crippen molar-refractivity contribution in [1.29, 1.82) is 0 Å². The first-order valence-electron chi connectivity index (χ1n) is 15.4. The summed E-state index contributed by atoms with van der Waals surface area (Å²) in [5.41, 5.74) is 5.48. The normalized spacial score (nSPS) is 25.6. The van der Waals surface area contributed by atoms with Gasteiger partial charge in [0.2, 0.25) is 0 Å². The van der Waals surface area contributed by atoms with Crippen LogP contribution in [0, 0.1) is 17.7 Å². The lowest BCUT2D eigenvalue weighted by Crippen LogP contribution is -2.49. The molecule has 5 rings (SSSR count). The van der Waals surface area contributed by atoms with Gasteiger partial charge in [-0.05, 0) is 118 Å². The molecule has 1 aromatic heterocycles. The number of halogens is 1. The van der Waals surface area contributed by atoms with Gasteiger partial charge in [-0.3, -0.25) is 9.58 Å². The Morgan fingerprint density at radius 2 is 1.87 bits per heavy atom. The van der Waals surface area contributed by atoms with Crippen LogP contribution in [0.1, 0.15) is 93.6 Å². The number of piperidine rings is 1. The van der Waals surface area contributed by atoms with E-state index in [0.717, 1.165) is 51.0 Å². The fourth-order valence-electron chi connectivity index (χ4n) is 8.08. The molecule has 1 saturated carbocycles. The molecule has 0 unspecified atom stereocenters. The first-order chi connectivity index (χ1) is 18.8. The number of likely N-dealkylation sites (N-methyl/N-ethyl adjacent to an activating group) is 1. The minimum Gasteiger partial charge on any atom is -0.367 e. The first-order valence-corrected chi connectivity index (χ1v) is 15.4. The third kappa shape index (κ3) is 6.12. The predicted octanol–water partition coefficient (Wildman–Crippen LogP) is 4.93. The lowest BCUT2D eigenvalue weighted by molar-refractivity contribution is -0.116. The average Bonchev–Trinajstić information content (AvgIpc) is 3.50. The first kappa shape index (κ1) is 28.7. The number of hydrogen-bond acceptors (Lipinski definition) is 5. The Hall–Kier alpha value is -1.80. The summed E-state index contributed by atoms with van der Waals surface area (Å²) < 4.78 is 16.6. The van der Waals surface area contributed by atoms with E-state index in [9.17, 15) is 14.6 Å². The van der Waals surface area contributed by atoms with Crippen molar-refractivity contribution in [2.24, 2.45) is 11.8 Å². The van der Waals surface area contributed by atoms with Crippen molar-refractivity contribution in [3.8, 4) is 0 Å². The lowest BCUT2D eigenvalue weighted by Gasteiger charge is -2.37. The summed E-state index contributed by atoms with van der Waals surface area (Å²) in [6.45, 7) is 10.6. The molecule has 2 fully saturated rings. The molecule has 1 aromatic carbocycles. The van der Waals surface area contributed by atoms with Crippen molar-refractivity contribution in [1.82, 2.24) is 19.6 Å². The smallest absolute Gasteiger partial charge is 0.167 e. The fourth-order valence-corrected chi connectivity index (χ4v) is 8.08. The zero-order chi connectivity index (χ0) is 27.7. The molecule has 0 spiro atoms. The Kier molecular flexibility index (Phi) is 9.11. The maximum Gasteiger partial charge on any atom is 0.167 e. The minimum absolute atomic E-state index is 0.128. The molecule has 4 atom stereocenters. The number of hydrogen-bond donors (Lipinski definition) is 2. The predicted molar refractivity (Wildman–Crippen MR) is 153 cm³/mol. The molecule has 2 N–H and O–H groups in total. The number of rotatable bonds is 9. The molecule has 3 heterocycles. The Balaban J connectivity index is 1.29. The lowest BCUT2D eigenvalue weighted by atomic mass is 9.84. The zero-order valence-electron chi connectivity index (χ0n) is 24.4. The zero-order valence-corrected chi connectivity index (χ0v) is 24.4. The van der Waals surface area contributed by atoms with E-state index < -0.39 is 6.29 Å². The largest absolute Gasteiger partial charge is 0.367 e. The van der Waals surface area contributed by atoms with Crippen molar-refractivity contribution >= 4 is 0 Å². The topological polar surface area (TPSA) is 64.8 Å². The summed E-state index contributed by atoms with van der Waals surface area (Å²) in [5.74, 6) is 1.24. The summed E-state index contributed by atoms with van der Waals surface area (Å²) in [6, 6.07) is 7.07. The van der Waals surface area contributed by atoms with Gasteiger partial charge in [0, 0.05) is 24.8 Å². The van der Waals surface area contributed by atoms with Gasteiger partial charge >= 0.3 is 0 Å². The molecular weight excluding hydrogens is 491 g/mol. The van der Waals surface area contributed by atoms with Crippen molar-refractivity contribution in [3.05, 3.63) is 52.6 Å². The van der Waals surface area contributed by atoms with Gasteiger partial charge in [0.25, 0.3) is 0 Å². The number of aryl methyl sites for hydroxylation is 2. The highest BCUT2D eigenvalue weighted by Gasteiger charge is 2.41. The number of aromatic nitrogens is 2. The number of nitrogens with zero attached hydrogens (tertiary/aromatic N) is 4.